The van der Waals surface area contributed by atoms with Gasteiger partial charge in [-0.25, -0.2) is 13.2 Å². The van der Waals surface area contributed by atoms with Crippen LogP contribution in [0.25, 0.3) is 10.8 Å². The Kier molecular flexibility index (Phi) is 6.63. The van der Waals surface area contributed by atoms with E-state index in [9.17, 15) is 13.2 Å². The van der Waals surface area contributed by atoms with E-state index in [0.29, 0.717) is 11.5 Å². The number of ether oxygens (including phenoxy) is 1. The number of benzene rings is 3. The van der Waals surface area contributed by atoms with Crippen LogP contribution in [0.2, 0.25) is 0 Å². The van der Waals surface area contributed by atoms with E-state index in [1.807, 2.05) is 0 Å². The van der Waals surface area contributed by atoms with E-state index in [4.69, 9.17) is 4.74 Å². The van der Waals surface area contributed by atoms with Crippen LogP contribution in [-0.2, 0) is 4.74 Å². The summed E-state index contributed by atoms with van der Waals surface area (Å²) >= 11 is 0. The molecule has 4 rings (SSSR count). The van der Waals surface area contributed by atoms with Crippen LogP contribution in [0.1, 0.15) is 54.7 Å². The van der Waals surface area contributed by atoms with Crippen LogP contribution >= 0.6 is 0 Å². The van der Waals surface area contributed by atoms with E-state index in [2.05, 4.69) is 11.8 Å². The van der Waals surface area contributed by atoms with Gasteiger partial charge in [-0.1, -0.05) is 24.0 Å². The molecule has 3 aromatic carbocycles. The highest BCUT2D eigenvalue weighted by Crippen LogP contribution is 2.37. The van der Waals surface area contributed by atoms with Crippen molar-refractivity contribution in [3.05, 3.63) is 82.7 Å². The summed E-state index contributed by atoms with van der Waals surface area (Å²) < 4.78 is 47.9. The monoisotopic (exact) mass is 422 g/mol. The molecule has 1 nitrogen and oxygen atoms in total. The highest BCUT2D eigenvalue weighted by molar-refractivity contribution is 5.84. The first-order chi connectivity index (χ1) is 15.0. The smallest absolute Gasteiger partial charge is 0.142 e. The minimum absolute atomic E-state index is 0.186. The van der Waals surface area contributed by atoms with Crippen molar-refractivity contribution < 1.29 is 17.9 Å². The quantitative estimate of drug-likeness (QED) is 0.413. The molecule has 1 saturated carbocycles. The van der Waals surface area contributed by atoms with E-state index in [0.717, 1.165) is 55.0 Å². The fraction of sp³-hybridized carbons (Fsp3) is 0.333. The van der Waals surface area contributed by atoms with Crippen LogP contribution < -0.4 is 0 Å². The molecule has 1 fully saturated rings. The summed E-state index contributed by atoms with van der Waals surface area (Å²) in [5.74, 6) is 4.76. The molecule has 31 heavy (non-hydrogen) atoms. The second-order valence-electron chi connectivity index (χ2n) is 8.31. The number of fused-ring (bicyclic) bond motifs is 1. The van der Waals surface area contributed by atoms with E-state index >= 15 is 0 Å². The molecule has 3 aromatic rings. The van der Waals surface area contributed by atoms with Gasteiger partial charge in [-0.2, -0.15) is 0 Å². The lowest BCUT2D eigenvalue weighted by Gasteiger charge is -2.28. The lowest BCUT2D eigenvalue weighted by atomic mass is 9.77. The summed E-state index contributed by atoms with van der Waals surface area (Å²) in [6, 6.07) is 12.6. The Morgan fingerprint density at radius 1 is 0.839 bits per heavy atom. The van der Waals surface area contributed by atoms with Gasteiger partial charge < -0.3 is 4.74 Å². The molecular weight excluding hydrogens is 397 g/mol. The maximum atomic E-state index is 14.7. The Labute approximate surface area is 181 Å². The maximum absolute atomic E-state index is 14.7. The van der Waals surface area contributed by atoms with Gasteiger partial charge in [-0.15, -0.1) is 0 Å². The zero-order chi connectivity index (χ0) is 21.8. The van der Waals surface area contributed by atoms with Crippen LogP contribution in [0.3, 0.4) is 0 Å². The molecule has 0 bridgehead atoms. The number of hydrogen-bond donors (Lipinski definition) is 0. The molecule has 0 N–H and O–H groups in total. The van der Waals surface area contributed by atoms with Crippen molar-refractivity contribution in [3.8, 4) is 11.8 Å². The molecule has 0 saturated heterocycles. The minimum atomic E-state index is -0.619. The summed E-state index contributed by atoms with van der Waals surface area (Å²) in [5.41, 5.74) is 1.13. The van der Waals surface area contributed by atoms with E-state index in [1.165, 1.54) is 24.3 Å². The minimum Gasteiger partial charge on any atom is -0.385 e. The molecule has 0 radical (unpaired) electrons. The van der Waals surface area contributed by atoms with Crippen molar-refractivity contribution >= 4 is 10.8 Å². The first-order valence-electron chi connectivity index (χ1n) is 10.7. The van der Waals surface area contributed by atoms with Crippen molar-refractivity contribution in [2.75, 3.05) is 13.7 Å². The molecular formula is C27H25F3O. The number of rotatable bonds is 4. The topological polar surface area (TPSA) is 9.23 Å². The molecule has 0 heterocycles. The molecule has 160 valence electrons. The van der Waals surface area contributed by atoms with Gasteiger partial charge in [-0.3, -0.25) is 0 Å². The fourth-order valence-electron chi connectivity index (χ4n) is 4.45. The highest BCUT2D eigenvalue weighted by Gasteiger charge is 2.24. The first-order valence-corrected chi connectivity index (χ1v) is 10.7. The van der Waals surface area contributed by atoms with Gasteiger partial charge in [0, 0.05) is 19.3 Å². The summed E-state index contributed by atoms with van der Waals surface area (Å²) in [7, 11) is 1.71. The van der Waals surface area contributed by atoms with Crippen molar-refractivity contribution in [3.63, 3.8) is 0 Å². The average molecular weight is 422 g/mol. The zero-order valence-electron chi connectivity index (χ0n) is 17.6. The number of halogens is 3. The van der Waals surface area contributed by atoms with Crippen LogP contribution in [0.5, 0.6) is 0 Å². The van der Waals surface area contributed by atoms with Crippen LogP contribution in [0, 0.1) is 35.2 Å². The van der Waals surface area contributed by atoms with Gasteiger partial charge in [0.25, 0.3) is 0 Å². The average Bonchev–Trinajstić information content (AvgIpc) is 2.77. The Bertz CT molecular complexity index is 1110. The number of hydrogen-bond acceptors (Lipinski definition) is 1. The van der Waals surface area contributed by atoms with Crippen molar-refractivity contribution in [1.29, 1.82) is 0 Å². The second-order valence-corrected chi connectivity index (χ2v) is 8.31. The van der Waals surface area contributed by atoms with Gasteiger partial charge >= 0.3 is 0 Å². The van der Waals surface area contributed by atoms with Gasteiger partial charge in [0.2, 0.25) is 0 Å². The number of methoxy groups -OCH3 is 1. The lowest BCUT2D eigenvalue weighted by Crippen LogP contribution is -2.15. The van der Waals surface area contributed by atoms with Crippen molar-refractivity contribution in [2.45, 2.75) is 38.0 Å². The third-order valence-corrected chi connectivity index (χ3v) is 6.25. The van der Waals surface area contributed by atoms with Gasteiger partial charge in [0.05, 0.1) is 5.56 Å². The SMILES string of the molecule is COCCC1CCC(c2cc(F)c(C#Cc3ccc4cc(F)ccc4c3)c(F)c2)CC1. The fourth-order valence-corrected chi connectivity index (χ4v) is 4.45. The third kappa shape index (κ3) is 5.11. The van der Waals surface area contributed by atoms with Crippen molar-refractivity contribution in [2.24, 2.45) is 5.92 Å². The Balaban J connectivity index is 1.50. The summed E-state index contributed by atoms with van der Waals surface area (Å²) in [6.07, 6.45) is 5.05. The Morgan fingerprint density at radius 3 is 2.23 bits per heavy atom. The van der Waals surface area contributed by atoms with Crippen LogP contribution in [-0.4, -0.2) is 13.7 Å². The highest BCUT2D eigenvalue weighted by atomic mass is 19.1. The largest absolute Gasteiger partial charge is 0.385 e. The first kappa shape index (κ1) is 21.5. The molecule has 0 atom stereocenters. The van der Waals surface area contributed by atoms with E-state index in [-0.39, 0.29) is 17.3 Å². The van der Waals surface area contributed by atoms with Crippen LogP contribution in [0.4, 0.5) is 13.2 Å². The lowest BCUT2D eigenvalue weighted by molar-refractivity contribution is 0.163. The normalized spacial score (nSPS) is 18.6. The third-order valence-electron chi connectivity index (χ3n) is 6.25. The Hall–Kier alpha value is -2.77. The molecule has 0 aliphatic heterocycles. The summed E-state index contributed by atoms with van der Waals surface area (Å²) in [4.78, 5) is 0. The van der Waals surface area contributed by atoms with Crippen LogP contribution in [0.15, 0.2) is 48.5 Å². The molecule has 0 amide bonds. The molecule has 1 aliphatic rings. The maximum Gasteiger partial charge on any atom is 0.142 e. The molecule has 4 heteroatoms. The Morgan fingerprint density at radius 2 is 1.52 bits per heavy atom. The second kappa shape index (κ2) is 9.58. The van der Waals surface area contributed by atoms with Crippen molar-refractivity contribution in [1.82, 2.24) is 0 Å². The summed E-state index contributed by atoms with van der Waals surface area (Å²) in [6.45, 7) is 0.764. The van der Waals surface area contributed by atoms with E-state index < -0.39 is 11.6 Å². The molecule has 1 aliphatic carbocycles. The molecule has 0 spiro atoms. The van der Waals surface area contributed by atoms with Gasteiger partial charge in [0.1, 0.15) is 17.5 Å². The molecule has 0 unspecified atom stereocenters. The van der Waals surface area contributed by atoms with Gasteiger partial charge in [0.15, 0.2) is 0 Å². The standard InChI is InChI=1S/C27H25F3O/c1-31-13-12-18-2-6-20(7-3-18)23-16-26(29)25(27(30)17-23)11-5-19-4-8-22-15-24(28)10-9-21(22)14-19/h4,8-10,14-18,20H,2-3,6-7,12-13H2,1H3. The van der Waals surface area contributed by atoms with Gasteiger partial charge in [-0.05, 0) is 96.7 Å². The predicted octanol–water partition coefficient (Wildman–Crippen LogP) is 6.97. The predicted molar refractivity (Wildman–Crippen MR) is 117 cm³/mol. The zero-order valence-corrected chi connectivity index (χ0v) is 17.6. The molecule has 0 aromatic heterocycles. The van der Waals surface area contributed by atoms with E-state index in [1.54, 1.807) is 31.4 Å². The summed E-state index contributed by atoms with van der Waals surface area (Å²) in [5, 5.41) is 1.58.